The topological polar surface area (TPSA) is 76.1 Å². The van der Waals surface area contributed by atoms with Crippen LogP contribution in [-0.2, 0) is 24.5 Å². The van der Waals surface area contributed by atoms with E-state index in [4.69, 9.17) is 21.1 Å². The third-order valence-electron chi connectivity index (χ3n) is 5.34. The number of ether oxygens (including phenoxy) is 2. The molecule has 6 nitrogen and oxygen atoms in total. The quantitative estimate of drug-likeness (QED) is 0.848. The molecule has 0 aromatic heterocycles. The van der Waals surface area contributed by atoms with E-state index in [0.29, 0.717) is 37.0 Å². The Labute approximate surface area is 158 Å². The number of halogens is 1. The molecule has 2 heterocycles. The molecular weight excluding hydrogens is 358 g/mol. The molecule has 3 atom stereocenters. The van der Waals surface area contributed by atoms with E-state index in [2.05, 4.69) is 0 Å². The highest BCUT2D eigenvalue weighted by Crippen LogP contribution is 2.31. The number of hydrogen-bond acceptors (Lipinski definition) is 4. The Hall–Kier alpha value is -1.63. The predicted molar refractivity (Wildman–Crippen MR) is 96.4 cm³/mol. The highest BCUT2D eigenvalue weighted by Gasteiger charge is 2.42. The minimum atomic E-state index is -1.32. The number of rotatable bonds is 5. The standard InChI is InChI=1S/C19H24ClNO5/c1-19(18(23)24,13-4-6-14(20)7-5-13)11-17(22)21-8-10-25-12-15(21)16-3-2-9-26-16/h4-7,15-16H,2-3,8-12H2,1H3,(H,23,24). The average Bonchev–Trinajstić information content (AvgIpc) is 3.16. The van der Waals surface area contributed by atoms with Gasteiger partial charge in [-0.3, -0.25) is 9.59 Å². The first-order valence-corrected chi connectivity index (χ1v) is 9.28. The molecule has 1 aromatic carbocycles. The van der Waals surface area contributed by atoms with Gasteiger partial charge in [-0.2, -0.15) is 0 Å². The van der Waals surface area contributed by atoms with Crippen molar-refractivity contribution >= 4 is 23.5 Å². The Morgan fingerprint density at radius 3 is 2.65 bits per heavy atom. The van der Waals surface area contributed by atoms with Gasteiger partial charge in [0, 0.05) is 24.6 Å². The van der Waals surface area contributed by atoms with Gasteiger partial charge in [0.25, 0.3) is 0 Å². The van der Waals surface area contributed by atoms with Crippen LogP contribution in [0.4, 0.5) is 0 Å². The van der Waals surface area contributed by atoms with Gasteiger partial charge in [0.15, 0.2) is 0 Å². The van der Waals surface area contributed by atoms with Crippen molar-refractivity contribution in [1.29, 1.82) is 0 Å². The summed E-state index contributed by atoms with van der Waals surface area (Å²) in [5, 5.41) is 10.4. The maximum absolute atomic E-state index is 13.1. The molecule has 1 N–H and O–H groups in total. The van der Waals surface area contributed by atoms with E-state index in [-0.39, 0.29) is 24.5 Å². The molecule has 0 radical (unpaired) electrons. The second-order valence-corrected chi connectivity index (χ2v) is 7.54. The van der Waals surface area contributed by atoms with Crippen LogP contribution >= 0.6 is 11.6 Å². The lowest BCUT2D eigenvalue weighted by Crippen LogP contribution is -2.55. The van der Waals surface area contributed by atoms with Gasteiger partial charge in [0.05, 0.1) is 30.8 Å². The van der Waals surface area contributed by atoms with Gasteiger partial charge in [0.2, 0.25) is 5.91 Å². The molecule has 0 spiro atoms. The number of amides is 1. The molecule has 0 saturated carbocycles. The lowest BCUT2D eigenvalue weighted by molar-refractivity contribution is -0.153. The number of benzene rings is 1. The Bertz CT molecular complexity index is 658. The molecule has 2 saturated heterocycles. The van der Waals surface area contributed by atoms with E-state index >= 15 is 0 Å². The van der Waals surface area contributed by atoms with Crippen molar-refractivity contribution in [3.8, 4) is 0 Å². The predicted octanol–water partition coefficient (Wildman–Crippen LogP) is 2.48. The fourth-order valence-electron chi connectivity index (χ4n) is 3.67. The Balaban J connectivity index is 1.80. The van der Waals surface area contributed by atoms with Crippen LogP contribution < -0.4 is 0 Å². The van der Waals surface area contributed by atoms with Crippen LogP contribution in [0.2, 0.25) is 5.02 Å². The summed E-state index contributed by atoms with van der Waals surface area (Å²) < 4.78 is 11.3. The molecule has 3 unspecified atom stereocenters. The van der Waals surface area contributed by atoms with Crippen LogP contribution in [0.25, 0.3) is 0 Å². The maximum atomic E-state index is 13.1. The van der Waals surface area contributed by atoms with E-state index < -0.39 is 11.4 Å². The molecule has 26 heavy (non-hydrogen) atoms. The molecule has 2 aliphatic rings. The first-order valence-electron chi connectivity index (χ1n) is 8.90. The van der Waals surface area contributed by atoms with E-state index in [1.54, 1.807) is 36.1 Å². The fourth-order valence-corrected chi connectivity index (χ4v) is 3.80. The normalized spacial score (nSPS) is 25.7. The fraction of sp³-hybridized carbons (Fsp3) is 0.579. The van der Waals surface area contributed by atoms with Crippen molar-refractivity contribution in [2.75, 3.05) is 26.4 Å². The number of hydrogen-bond donors (Lipinski definition) is 1. The van der Waals surface area contributed by atoms with Crippen LogP contribution in [0.1, 0.15) is 31.7 Å². The van der Waals surface area contributed by atoms with Crippen molar-refractivity contribution in [2.24, 2.45) is 0 Å². The highest BCUT2D eigenvalue weighted by atomic mass is 35.5. The van der Waals surface area contributed by atoms with Gasteiger partial charge in [-0.05, 0) is 37.5 Å². The molecule has 3 rings (SSSR count). The van der Waals surface area contributed by atoms with Crippen LogP contribution in [0.3, 0.4) is 0 Å². The molecule has 2 fully saturated rings. The summed E-state index contributed by atoms with van der Waals surface area (Å²) in [6.45, 7) is 3.62. The third-order valence-corrected chi connectivity index (χ3v) is 5.59. The zero-order chi connectivity index (χ0) is 18.7. The lowest BCUT2D eigenvalue weighted by atomic mass is 9.79. The summed E-state index contributed by atoms with van der Waals surface area (Å²) in [6, 6.07) is 6.47. The molecule has 0 bridgehead atoms. The Morgan fingerprint density at radius 1 is 1.31 bits per heavy atom. The summed E-state index contributed by atoms with van der Waals surface area (Å²) in [5.41, 5.74) is -0.759. The smallest absolute Gasteiger partial charge is 0.314 e. The van der Waals surface area contributed by atoms with Crippen LogP contribution in [0.15, 0.2) is 24.3 Å². The van der Waals surface area contributed by atoms with Crippen LogP contribution in [0, 0.1) is 0 Å². The zero-order valence-electron chi connectivity index (χ0n) is 14.8. The molecule has 2 aliphatic heterocycles. The van der Waals surface area contributed by atoms with Crippen molar-refractivity contribution in [3.63, 3.8) is 0 Å². The SMILES string of the molecule is CC(CC(=O)N1CCOCC1C1CCCO1)(C(=O)O)c1ccc(Cl)cc1. The number of nitrogens with zero attached hydrogens (tertiary/aromatic N) is 1. The van der Waals surface area contributed by atoms with Gasteiger partial charge < -0.3 is 19.5 Å². The minimum absolute atomic E-state index is 0.0362. The second kappa shape index (κ2) is 7.94. The summed E-state index contributed by atoms with van der Waals surface area (Å²) in [7, 11) is 0. The average molecular weight is 382 g/mol. The van der Waals surface area contributed by atoms with Crippen molar-refractivity contribution < 1.29 is 24.2 Å². The number of carboxylic acids is 1. The monoisotopic (exact) mass is 381 g/mol. The van der Waals surface area contributed by atoms with Gasteiger partial charge in [-0.1, -0.05) is 23.7 Å². The Kier molecular flexibility index (Phi) is 5.85. The maximum Gasteiger partial charge on any atom is 0.314 e. The molecule has 1 amide bonds. The van der Waals surface area contributed by atoms with E-state index in [0.717, 1.165) is 12.8 Å². The zero-order valence-corrected chi connectivity index (χ0v) is 15.6. The Morgan fingerprint density at radius 2 is 2.04 bits per heavy atom. The minimum Gasteiger partial charge on any atom is -0.481 e. The first kappa shape index (κ1) is 19.1. The van der Waals surface area contributed by atoms with Gasteiger partial charge in [0.1, 0.15) is 0 Å². The molecule has 7 heteroatoms. The van der Waals surface area contributed by atoms with E-state index in [1.165, 1.54) is 0 Å². The van der Waals surface area contributed by atoms with E-state index in [9.17, 15) is 14.7 Å². The summed E-state index contributed by atoms with van der Waals surface area (Å²) in [6.07, 6.45) is 1.71. The molecular formula is C19H24ClNO5. The van der Waals surface area contributed by atoms with Crippen molar-refractivity contribution in [1.82, 2.24) is 4.90 Å². The molecule has 142 valence electrons. The van der Waals surface area contributed by atoms with Crippen LogP contribution in [-0.4, -0.2) is 60.4 Å². The van der Waals surface area contributed by atoms with Gasteiger partial charge in [-0.15, -0.1) is 0 Å². The molecule has 0 aliphatic carbocycles. The summed E-state index contributed by atoms with van der Waals surface area (Å²) >= 11 is 5.91. The lowest BCUT2D eigenvalue weighted by Gasteiger charge is -2.40. The number of carbonyl (C=O) groups is 2. The summed E-state index contributed by atoms with van der Waals surface area (Å²) in [4.78, 5) is 26.8. The number of morpholine rings is 1. The summed E-state index contributed by atoms with van der Waals surface area (Å²) in [5.74, 6) is -1.22. The van der Waals surface area contributed by atoms with Gasteiger partial charge >= 0.3 is 5.97 Å². The van der Waals surface area contributed by atoms with Crippen molar-refractivity contribution in [3.05, 3.63) is 34.9 Å². The van der Waals surface area contributed by atoms with E-state index in [1.807, 2.05) is 0 Å². The molecule has 1 aromatic rings. The third kappa shape index (κ3) is 3.87. The first-order chi connectivity index (χ1) is 12.4. The van der Waals surface area contributed by atoms with Gasteiger partial charge in [-0.25, -0.2) is 0 Å². The number of aliphatic carboxylic acids is 1. The second-order valence-electron chi connectivity index (χ2n) is 7.10. The van der Waals surface area contributed by atoms with Crippen LogP contribution in [0.5, 0.6) is 0 Å². The highest BCUT2D eigenvalue weighted by molar-refractivity contribution is 6.30. The largest absolute Gasteiger partial charge is 0.481 e. The number of carbonyl (C=O) groups excluding carboxylic acids is 1. The van der Waals surface area contributed by atoms with Crippen molar-refractivity contribution in [2.45, 2.75) is 43.7 Å². The number of carboxylic acid groups (broad SMARTS) is 1.